The highest BCUT2D eigenvalue weighted by Crippen LogP contribution is 2.54. The lowest BCUT2D eigenvalue weighted by molar-refractivity contribution is -0.153. The number of ether oxygens (including phenoxy) is 1. The number of carboxylic acids is 1. The second-order valence-corrected chi connectivity index (χ2v) is 19.0. The molecule has 4 amide bonds. The van der Waals surface area contributed by atoms with Crippen LogP contribution in [0, 0.1) is 28.6 Å². The van der Waals surface area contributed by atoms with Crippen molar-refractivity contribution in [1.29, 1.82) is 0 Å². The Hall–Kier alpha value is -5.04. The van der Waals surface area contributed by atoms with E-state index in [-0.39, 0.29) is 53.0 Å². The average Bonchev–Trinajstić information content (AvgIpc) is 3.53. The summed E-state index contributed by atoms with van der Waals surface area (Å²) in [5, 5.41) is 17.0. The molecule has 1 spiro atoms. The lowest BCUT2D eigenvalue weighted by atomic mass is 9.70. The number of aromatic nitrogens is 2. The molecule has 0 radical (unpaired) electrons. The van der Waals surface area contributed by atoms with Gasteiger partial charge in [0.15, 0.2) is 0 Å². The first kappa shape index (κ1) is 41.7. The van der Waals surface area contributed by atoms with Gasteiger partial charge >= 0.3 is 5.97 Å². The van der Waals surface area contributed by atoms with Crippen LogP contribution in [0.15, 0.2) is 67.0 Å². The minimum Gasteiger partial charge on any atom is -0.478 e. The number of carbonyl (C=O) groups excluding carboxylic acids is 4. The molecule has 2 N–H and O–H groups in total. The zero-order valence-corrected chi connectivity index (χ0v) is 35.3. The minimum absolute atomic E-state index is 0.0327. The molecule has 4 heterocycles. The van der Waals surface area contributed by atoms with Crippen LogP contribution >= 0.6 is 0 Å². The number of benzene rings is 2. The summed E-state index contributed by atoms with van der Waals surface area (Å²) in [6.45, 7) is 9.34. The molecule has 2 aliphatic carbocycles. The van der Waals surface area contributed by atoms with E-state index in [2.05, 4.69) is 24.3 Å². The van der Waals surface area contributed by atoms with Crippen molar-refractivity contribution in [1.82, 2.24) is 29.8 Å². The standard InChI is InChI=1S/C47H60N6O7/c1-31(60-27-33-12-8-5-9-13-33)40(44(57)50-20-18-35(19-21-50)34-14-16-36(17-15-34)45(58)59)49-41(54)39-26-51(28-47(39)29-52(30-47)43(56)38-22-46(38,2)3)42(55)37-23-48-53(25-37)24-32-10-6-4-7-11-32/h4,6-7,10-11,14-17,23,25,31,33,35,38-40H,5,8-9,12-13,18-22,24,26-30H2,1-3H3,(H,49,54)(H,58,59)/t31-,38-,39+,40+/m1/s1. The molecule has 320 valence electrons. The number of carboxylic acid groups (broad SMARTS) is 1. The first-order valence-corrected chi connectivity index (χ1v) is 22.0. The highest BCUT2D eigenvalue weighted by molar-refractivity contribution is 5.96. The first-order chi connectivity index (χ1) is 28.8. The van der Waals surface area contributed by atoms with Gasteiger partial charge in [0.05, 0.1) is 35.9 Å². The second kappa shape index (κ2) is 17.1. The fourth-order valence-corrected chi connectivity index (χ4v) is 10.2. The van der Waals surface area contributed by atoms with Crippen LogP contribution in [0.3, 0.4) is 0 Å². The van der Waals surface area contributed by atoms with Gasteiger partial charge in [-0.05, 0) is 79.5 Å². The van der Waals surface area contributed by atoms with Gasteiger partial charge in [-0.3, -0.25) is 23.9 Å². The van der Waals surface area contributed by atoms with Crippen LogP contribution in [0.4, 0.5) is 0 Å². The molecule has 0 unspecified atom stereocenters. The summed E-state index contributed by atoms with van der Waals surface area (Å²) in [5.74, 6) is -1.63. The highest BCUT2D eigenvalue weighted by Gasteiger charge is 2.62. The normalized spacial score (nSPS) is 23.5. The number of piperidine rings is 1. The molecule has 3 aromatic rings. The van der Waals surface area contributed by atoms with E-state index >= 15 is 0 Å². The van der Waals surface area contributed by atoms with Crippen molar-refractivity contribution in [2.45, 2.75) is 96.7 Å². The summed E-state index contributed by atoms with van der Waals surface area (Å²) < 4.78 is 8.20. The molecular weight excluding hydrogens is 761 g/mol. The van der Waals surface area contributed by atoms with Gasteiger partial charge in [0.2, 0.25) is 17.7 Å². The number of amides is 4. The number of likely N-dealkylation sites (tertiary alicyclic amines) is 3. The molecule has 0 bridgehead atoms. The maximum atomic E-state index is 14.8. The highest BCUT2D eigenvalue weighted by atomic mass is 16.5. The first-order valence-electron chi connectivity index (χ1n) is 22.0. The predicted molar refractivity (Wildman–Crippen MR) is 224 cm³/mol. The third-order valence-corrected chi connectivity index (χ3v) is 14.2. The number of rotatable bonds is 13. The lowest BCUT2D eigenvalue weighted by Crippen LogP contribution is -2.65. The summed E-state index contributed by atoms with van der Waals surface area (Å²) in [6, 6.07) is 15.9. The van der Waals surface area contributed by atoms with Crippen molar-refractivity contribution in [2.75, 3.05) is 45.9 Å². The van der Waals surface area contributed by atoms with Crippen molar-refractivity contribution in [3.8, 4) is 0 Å². The van der Waals surface area contributed by atoms with Crippen LogP contribution in [0.2, 0.25) is 0 Å². The molecule has 60 heavy (non-hydrogen) atoms. The smallest absolute Gasteiger partial charge is 0.335 e. The Morgan fingerprint density at radius 3 is 2.17 bits per heavy atom. The van der Waals surface area contributed by atoms with Gasteiger partial charge in [0, 0.05) is 63.4 Å². The Morgan fingerprint density at radius 1 is 0.850 bits per heavy atom. The molecule has 13 nitrogen and oxygen atoms in total. The van der Waals surface area contributed by atoms with Crippen LogP contribution in [0.25, 0.3) is 0 Å². The molecule has 2 saturated carbocycles. The minimum atomic E-state index is -0.963. The number of aromatic carboxylic acids is 1. The molecule has 5 aliphatic rings. The second-order valence-electron chi connectivity index (χ2n) is 19.0. The van der Waals surface area contributed by atoms with Gasteiger partial charge in [-0.1, -0.05) is 75.6 Å². The SMILES string of the molecule is C[C@@H](OCC1CCCCC1)[C@H](NC(=O)[C@@H]1CN(C(=O)c2cnn(Cc3ccccc3)c2)CC12CN(C(=O)[C@H]1CC1(C)C)C2)C(=O)N1CCC(c2ccc(C(=O)O)cc2)CC1. The van der Waals surface area contributed by atoms with Gasteiger partial charge in [0.1, 0.15) is 6.04 Å². The average molecular weight is 821 g/mol. The monoisotopic (exact) mass is 820 g/mol. The van der Waals surface area contributed by atoms with Gasteiger partial charge in [-0.15, -0.1) is 0 Å². The van der Waals surface area contributed by atoms with Crippen LogP contribution in [-0.2, 0) is 25.7 Å². The van der Waals surface area contributed by atoms with Crippen LogP contribution in [0.5, 0.6) is 0 Å². The molecule has 2 aromatic carbocycles. The van der Waals surface area contributed by atoms with Crippen molar-refractivity contribution >= 4 is 29.6 Å². The Bertz CT molecular complexity index is 2050. The Morgan fingerprint density at radius 2 is 1.52 bits per heavy atom. The molecule has 3 saturated heterocycles. The van der Waals surface area contributed by atoms with E-state index in [0.29, 0.717) is 70.2 Å². The van der Waals surface area contributed by atoms with Crippen molar-refractivity contribution in [3.05, 3.63) is 89.2 Å². The van der Waals surface area contributed by atoms with E-state index in [1.54, 1.807) is 34.1 Å². The zero-order chi connectivity index (χ0) is 42.2. The fourth-order valence-electron chi connectivity index (χ4n) is 10.2. The maximum absolute atomic E-state index is 14.8. The van der Waals surface area contributed by atoms with E-state index in [0.717, 1.165) is 30.4 Å². The number of hydrogen-bond donors (Lipinski definition) is 2. The van der Waals surface area contributed by atoms with Crippen molar-refractivity contribution in [2.24, 2.45) is 28.6 Å². The van der Waals surface area contributed by atoms with Gasteiger partial charge in [0.25, 0.3) is 5.91 Å². The van der Waals surface area contributed by atoms with Gasteiger partial charge in [-0.2, -0.15) is 5.10 Å². The summed E-state index contributed by atoms with van der Waals surface area (Å²) in [7, 11) is 0. The Balaban J connectivity index is 0.988. The summed E-state index contributed by atoms with van der Waals surface area (Å²) in [5.41, 5.74) is 2.11. The summed E-state index contributed by atoms with van der Waals surface area (Å²) in [4.78, 5) is 73.8. The van der Waals surface area contributed by atoms with Crippen LogP contribution in [0.1, 0.15) is 110 Å². The molecule has 3 aliphatic heterocycles. The topological polar surface area (TPSA) is 154 Å². The lowest BCUT2D eigenvalue weighted by Gasteiger charge is -2.50. The number of nitrogens with one attached hydrogen (secondary N) is 1. The zero-order valence-electron chi connectivity index (χ0n) is 35.3. The van der Waals surface area contributed by atoms with Crippen molar-refractivity contribution < 1.29 is 33.8 Å². The van der Waals surface area contributed by atoms with E-state index in [9.17, 15) is 29.1 Å². The Labute approximate surface area is 352 Å². The number of hydrogen-bond acceptors (Lipinski definition) is 7. The maximum Gasteiger partial charge on any atom is 0.335 e. The van der Waals surface area contributed by atoms with Crippen LogP contribution in [-0.4, -0.2) is 117 Å². The van der Waals surface area contributed by atoms with E-state index in [1.165, 1.54) is 19.3 Å². The quantitative estimate of drug-likeness (QED) is 0.231. The molecule has 1 aromatic heterocycles. The predicted octanol–water partition coefficient (Wildman–Crippen LogP) is 5.45. The molecular formula is C47H60N6O7. The van der Waals surface area contributed by atoms with Crippen molar-refractivity contribution in [3.63, 3.8) is 0 Å². The largest absolute Gasteiger partial charge is 0.478 e. The number of nitrogens with zero attached hydrogens (tertiary/aromatic N) is 5. The van der Waals surface area contributed by atoms with E-state index < -0.39 is 29.4 Å². The third kappa shape index (κ3) is 8.87. The Kier molecular flexibility index (Phi) is 11.9. The van der Waals surface area contributed by atoms with Gasteiger partial charge in [-0.25, -0.2) is 4.79 Å². The van der Waals surface area contributed by atoms with E-state index in [4.69, 9.17) is 4.74 Å². The molecule has 4 atom stereocenters. The van der Waals surface area contributed by atoms with Gasteiger partial charge < -0.3 is 29.9 Å². The van der Waals surface area contributed by atoms with Crippen LogP contribution < -0.4 is 5.32 Å². The molecule has 8 rings (SSSR count). The molecule has 5 fully saturated rings. The fraction of sp³-hybridized carbons (Fsp3) is 0.574. The number of carbonyl (C=O) groups is 5. The summed E-state index contributed by atoms with van der Waals surface area (Å²) >= 11 is 0. The third-order valence-electron chi connectivity index (χ3n) is 14.2. The molecule has 13 heteroatoms. The van der Waals surface area contributed by atoms with E-state index in [1.807, 2.05) is 59.2 Å². The summed E-state index contributed by atoms with van der Waals surface area (Å²) in [6.07, 6.45) is 10.7.